The molecular formula is C17H33NS2. The Bertz CT molecular complexity index is 264. The lowest BCUT2D eigenvalue weighted by Gasteiger charge is -2.41. The van der Waals surface area contributed by atoms with Gasteiger partial charge >= 0.3 is 0 Å². The van der Waals surface area contributed by atoms with Crippen molar-refractivity contribution in [1.29, 1.82) is 0 Å². The number of unbranched alkanes of at least 4 members (excludes halogenated alkanes) is 6. The molecule has 2 saturated heterocycles. The van der Waals surface area contributed by atoms with Crippen LogP contribution < -0.4 is 5.32 Å². The number of thioether (sulfide) groups is 2. The zero-order valence-electron chi connectivity index (χ0n) is 13.5. The third-order valence-electron chi connectivity index (χ3n) is 4.66. The average Bonchev–Trinajstić information content (AvgIpc) is 2.84. The molecule has 0 saturated carbocycles. The second-order valence-corrected chi connectivity index (χ2v) is 9.91. The Kier molecular flexibility index (Phi) is 7.61. The predicted molar refractivity (Wildman–Crippen MR) is 95.9 cm³/mol. The van der Waals surface area contributed by atoms with Crippen LogP contribution >= 0.6 is 23.5 Å². The number of rotatable bonds is 8. The van der Waals surface area contributed by atoms with E-state index in [4.69, 9.17) is 0 Å². The number of hydrogen-bond donors (Lipinski definition) is 1. The third kappa shape index (κ3) is 5.46. The molecule has 0 bridgehead atoms. The lowest BCUT2D eigenvalue weighted by molar-refractivity contribution is 0.309. The lowest BCUT2D eigenvalue weighted by atomic mass is 9.94. The van der Waals surface area contributed by atoms with Crippen LogP contribution in [0.4, 0.5) is 0 Å². The second-order valence-electron chi connectivity index (χ2n) is 6.69. The van der Waals surface area contributed by atoms with Crippen LogP contribution in [0.2, 0.25) is 0 Å². The Balaban J connectivity index is 1.60. The normalized spacial score (nSPS) is 29.1. The topological polar surface area (TPSA) is 12.0 Å². The van der Waals surface area contributed by atoms with Crippen molar-refractivity contribution in [3.8, 4) is 0 Å². The van der Waals surface area contributed by atoms with Crippen molar-refractivity contribution in [2.75, 3.05) is 11.5 Å². The van der Waals surface area contributed by atoms with Gasteiger partial charge in [0.2, 0.25) is 0 Å². The van der Waals surface area contributed by atoms with Crippen molar-refractivity contribution in [1.82, 2.24) is 5.32 Å². The summed E-state index contributed by atoms with van der Waals surface area (Å²) in [4.78, 5) is 0. The van der Waals surface area contributed by atoms with E-state index in [-0.39, 0.29) is 0 Å². The number of nitrogens with one attached hydrogen (secondary N) is 1. The number of piperidine rings is 1. The molecule has 1 N–H and O–H groups in total. The Labute approximate surface area is 134 Å². The summed E-state index contributed by atoms with van der Waals surface area (Å²) in [6.45, 7) is 4.68. The van der Waals surface area contributed by atoms with Gasteiger partial charge in [-0.3, -0.25) is 0 Å². The highest BCUT2D eigenvalue weighted by Gasteiger charge is 2.42. The van der Waals surface area contributed by atoms with Crippen molar-refractivity contribution in [2.24, 2.45) is 0 Å². The molecule has 0 aromatic carbocycles. The highest BCUT2D eigenvalue weighted by molar-refractivity contribution is 8.21. The zero-order chi connectivity index (χ0) is 14.3. The highest BCUT2D eigenvalue weighted by Crippen LogP contribution is 2.52. The first kappa shape index (κ1) is 17.0. The van der Waals surface area contributed by atoms with E-state index >= 15 is 0 Å². The van der Waals surface area contributed by atoms with Crippen molar-refractivity contribution in [2.45, 2.75) is 94.2 Å². The molecule has 2 aliphatic rings. The maximum absolute atomic E-state index is 3.85. The van der Waals surface area contributed by atoms with E-state index in [2.05, 4.69) is 42.7 Å². The van der Waals surface area contributed by atoms with Crippen molar-refractivity contribution < 1.29 is 0 Å². The fourth-order valence-electron chi connectivity index (χ4n) is 3.71. The standard InChI is InChI=1S/C17H33NS2/c1-3-4-5-6-7-8-9-10-16-14-17(13-15(2)18-16)19-11-12-20-17/h15-16,18H,3-14H2,1-2H3/t15-,16+/m1/s1. The van der Waals surface area contributed by atoms with E-state index in [9.17, 15) is 0 Å². The molecule has 0 aromatic rings. The van der Waals surface area contributed by atoms with Crippen molar-refractivity contribution in [3.63, 3.8) is 0 Å². The van der Waals surface area contributed by atoms with Crippen LogP contribution in [0.15, 0.2) is 0 Å². The van der Waals surface area contributed by atoms with Gasteiger partial charge in [0.05, 0.1) is 4.08 Å². The molecule has 2 aliphatic heterocycles. The fourth-order valence-corrected chi connectivity index (χ4v) is 7.33. The van der Waals surface area contributed by atoms with Crippen LogP contribution in [0.25, 0.3) is 0 Å². The zero-order valence-corrected chi connectivity index (χ0v) is 15.1. The minimum atomic E-state index is 0.580. The minimum absolute atomic E-state index is 0.580. The van der Waals surface area contributed by atoms with Gasteiger partial charge in [-0.05, 0) is 26.2 Å². The van der Waals surface area contributed by atoms with Crippen molar-refractivity contribution >= 4 is 23.5 Å². The molecule has 1 nitrogen and oxygen atoms in total. The molecule has 0 unspecified atom stereocenters. The summed E-state index contributed by atoms with van der Waals surface area (Å²) in [7, 11) is 0. The summed E-state index contributed by atoms with van der Waals surface area (Å²) >= 11 is 4.50. The van der Waals surface area contributed by atoms with E-state index in [0.717, 1.165) is 12.1 Å². The Morgan fingerprint density at radius 2 is 1.60 bits per heavy atom. The molecule has 2 fully saturated rings. The third-order valence-corrected chi connectivity index (χ3v) is 8.17. The van der Waals surface area contributed by atoms with E-state index in [1.807, 2.05) is 0 Å². The van der Waals surface area contributed by atoms with E-state index in [0.29, 0.717) is 4.08 Å². The summed E-state index contributed by atoms with van der Waals surface area (Å²) in [6, 6.07) is 1.50. The SMILES string of the molecule is CCCCCCCCC[C@H]1CC2(C[C@@H](C)N1)SCCS2. The smallest absolute Gasteiger partial charge is 0.0641 e. The van der Waals surface area contributed by atoms with Gasteiger partial charge in [-0.1, -0.05) is 51.9 Å². The van der Waals surface area contributed by atoms with Gasteiger partial charge in [0.15, 0.2) is 0 Å². The minimum Gasteiger partial charge on any atom is -0.311 e. The molecule has 2 heterocycles. The molecule has 2 atom stereocenters. The molecule has 3 heteroatoms. The van der Waals surface area contributed by atoms with Gasteiger partial charge in [-0.2, -0.15) is 0 Å². The van der Waals surface area contributed by atoms with Gasteiger partial charge in [0.25, 0.3) is 0 Å². The molecule has 118 valence electrons. The first-order chi connectivity index (χ1) is 9.74. The first-order valence-corrected chi connectivity index (χ1v) is 10.8. The molecule has 20 heavy (non-hydrogen) atoms. The second kappa shape index (κ2) is 8.95. The maximum Gasteiger partial charge on any atom is 0.0641 e. The molecule has 1 spiro atoms. The lowest BCUT2D eigenvalue weighted by Crippen LogP contribution is -2.49. The molecule has 0 amide bonds. The first-order valence-electron chi connectivity index (χ1n) is 8.78. The summed E-state index contributed by atoms with van der Waals surface area (Å²) in [5.74, 6) is 2.75. The van der Waals surface area contributed by atoms with Gasteiger partial charge < -0.3 is 5.32 Å². The Morgan fingerprint density at radius 1 is 0.950 bits per heavy atom. The largest absolute Gasteiger partial charge is 0.311 e. The van der Waals surface area contributed by atoms with Gasteiger partial charge in [-0.25, -0.2) is 0 Å². The quantitative estimate of drug-likeness (QED) is 0.599. The summed E-state index contributed by atoms with van der Waals surface area (Å²) in [5.41, 5.74) is 0. The van der Waals surface area contributed by atoms with Gasteiger partial charge in [-0.15, -0.1) is 23.5 Å². The van der Waals surface area contributed by atoms with E-state index in [1.54, 1.807) is 0 Å². The summed E-state index contributed by atoms with van der Waals surface area (Å²) in [5, 5.41) is 3.85. The number of hydrogen-bond acceptors (Lipinski definition) is 3. The molecule has 0 aromatic heterocycles. The van der Waals surface area contributed by atoms with E-state index < -0.39 is 0 Å². The van der Waals surface area contributed by atoms with Crippen LogP contribution in [-0.2, 0) is 0 Å². The van der Waals surface area contributed by atoms with Crippen LogP contribution in [0.5, 0.6) is 0 Å². The fraction of sp³-hybridized carbons (Fsp3) is 1.00. The molecule has 0 radical (unpaired) electrons. The average molecular weight is 316 g/mol. The maximum atomic E-state index is 3.85. The highest BCUT2D eigenvalue weighted by atomic mass is 32.2. The van der Waals surface area contributed by atoms with Crippen LogP contribution in [-0.4, -0.2) is 27.7 Å². The Hall–Kier alpha value is 0.660. The van der Waals surface area contributed by atoms with Gasteiger partial charge in [0, 0.05) is 23.6 Å². The van der Waals surface area contributed by atoms with Crippen LogP contribution in [0.1, 0.15) is 78.1 Å². The monoisotopic (exact) mass is 315 g/mol. The predicted octanol–water partition coefficient (Wildman–Crippen LogP) is 5.44. The molecule has 0 aliphatic carbocycles. The summed E-state index contributed by atoms with van der Waals surface area (Å²) in [6.07, 6.45) is 14.2. The van der Waals surface area contributed by atoms with Crippen LogP contribution in [0.3, 0.4) is 0 Å². The van der Waals surface area contributed by atoms with Crippen LogP contribution in [0, 0.1) is 0 Å². The Morgan fingerprint density at radius 3 is 2.30 bits per heavy atom. The van der Waals surface area contributed by atoms with E-state index in [1.165, 1.54) is 75.7 Å². The summed E-state index contributed by atoms with van der Waals surface area (Å²) < 4.78 is 0.580. The molecular weight excluding hydrogens is 282 g/mol. The van der Waals surface area contributed by atoms with Crippen molar-refractivity contribution in [3.05, 3.63) is 0 Å². The van der Waals surface area contributed by atoms with Gasteiger partial charge in [0.1, 0.15) is 0 Å². The molecule has 2 rings (SSSR count).